The van der Waals surface area contributed by atoms with E-state index in [1.165, 1.54) is 0 Å². The Balaban J connectivity index is 1.65. The number of nitrogens with one attached hydrogen (secondary N) is 3. The number of hydrogen-bond acceptors (Lipinski definition) is 5. The van der Waals surface area contributed by atoms with Crippen LogP contribution in [0.2, 0.25) is 0 Å². The highest BCUT2D eigenvalue weighted by Crippen LogP contribution is 2.24. The quantitative estimate of drug-likeness (QED) is 0.502. The van der Waals surface area contributed by atoms with Crippen LogP contribution in [0.5, 0.6) is 0 Å². The lowest BCUT2D eigenvalue weighted by atomic mass is 9.90. The molecule has 1 heterocycles. The molecule has 0 aliphatic carbocycles. The van der Waals surface area contributed by atoms with Crippen LogP contribution in [0.15, 0.2) is 24.3 Å². The van der Waals surface area contributed by atoms with Gasteiger partial charge < -0.3 is 15.4 Å². The first-order valence-corrected chi connectivity index (χ1v) is 9.35. The molecule has 0 spiro atoms. The summed E-state index contributed by atoms with van der Waals surface area (Å²) in [6, 6.07) is 7.87. The van der Waals surface area contributed by atoms with Crippen LogP contribution in [0.25, 0.3) is 0 Å². The Kier molecular flexibility index (Phi) is 7.36. The number of imide groups is 1. The van der Waals surface area contributed by atoms with E-state index in [2.05, 4.69) is 16.0 Å². The number of alkyl carbamates (subject to hydrolysis) is 1. The van der Waals surface area contributed by atoms with E-state index in [0.29, 0.717) is 25.9 Å². The van der Waals surface area contributed by atoms with Gasteiger partial charge in [0.25, 0.3) is 0 Å². The Morgan fingerprint density at radius 1 is 1.19 bits per heavy atom. The number of rotatable bonds is 7. The van der Waals surface area contributed by atoms with Crippen LogP contribution in [0, 0.1) is 0 Å². The summed E-state index contributed by atoms with van der Waals surface area (Å²) in [7, 11) is 0. The Bertz CT molecular complexity index is 665. The molecule has 1 aromatic carbocycles. The molecule has 0 aromatic heterocycles. The molecule has 1 saturated heterocycles. The zero-order chi connectivity index (χ0) is 19.9. The molecule has 3 amide bonds. The molecule has 1 fully saturated rings. The number of amides is 3. The Labute approximate surface area is 160 Å². The normalized spacial score (nSPS) is 17.4. The molecule has 0 saturated carbocycles. The molecule has 1 aromatic rings. The number of carbonyl (C=O) groups excluding carboxylic acids is 3. The van der Waals surface area contributed by atoms with Crippen molar-refractivity contribution in [1.82, 2.24) is 16.0 Å². The maximum absolute atomic E-state index is 11.9. The van der Waals surface area contributed by atoms with Gasteiger partial charge in [0.05, 0.1) is 5.92 Å². The number of benzene rings is 1. The van der Waals surface area contributed by atoms with Crippen molar-refractivity contribution < 1.29 is 19.1 Å². The van der Waals surface area contributed by atoms with Crippen molar-refractivity contribution in [1.29, 1.82) is 0 Å². The summed E-state index contributed by atoms with van der Waals surface area (Å²) in [6.45, 7) is 7.53. The van der Waals surface area contributed by atoms with Gasteiger partial charge in [-0.25, -0.2) is 4.79 Å². The zero-order valence-electron chi connectivity index (χ0n) is 16.3. The van der Waals surface area contributed by atoms with Gasteiger partial charge in [-0.15, -0.1) is 0 Å². The van der Waals surface area contributed by atoms with E-state index < -0.39 is 11.7 Å². The van der Waals surface area contributed by atoms with Crippen molar-refractivity contribution in [3.8, 4) is 0 Å². The van der Waals surface area contributed by atoms with Crippen molar-refractivity contribution in [3.05, 3.63) is 35.4 Å². The maximum Gasteiger partial charge on any atom is 0.407 e. The minimum absolute atomic E-state index is 0.196. The van der Waals surface area contributed by atoms with E-state index in [-0.39, 0.29) is 17.7 Å². The summed E-state index contributed by atoms with van der Waals surface area (Å²) in [5.41, 5.74) is 1.57. The number of ether oxygens (including phenoxy) is 1. The topological polar surface area (TPSA) is 96.5 Å². The standard InChI is InChI=1S/C20H29N3O4/c1-20(2,3)27-19(26)22-12-4-11-21-13-14-5-7-15(8-6-14)16-9-10-17(24)23-18(16)25/h5-8,16,21H,4,9-13H2,1-3H3,(H,22,26)(H,23,24,25). The van der Waals surface area contributed by atoms with Crippen LogP contribution in [-0.4, -0.2) is 36.6 Å². The lowest BCUT2D eigenvalue weighted by Gasteiger charge is -2.21. The third-order valence-electron chi connectivity index (χ3n) is 4.15. The largest absolute Gasteiger partial charge is 0.444 e. The molecule has 27 heavy (non-hydrogen) atoms. The molecule has 1 aliphatic heterocycles. The van der Waals surface area contributed by atoms with Crippen molar-refractivity contribution >= 4 is 17.9 Å². The summed E-state index contributed by atoms with van der Waals surface area (Å²) < 4.78 is 5.17. The van der Waals surface area contributed by atoms with Gasteiger partial charge in [0.15, 0.2) is 0 Å². The maximum atomic E-state index is 11.9. The Morgan fingerprint density at radius 3 is 2.52 bits per heavy atom. The third kappa shape index (κ3) is 7.38. The van der Waals surface area contributed by atoms with Crippen LogP contribution in [0.4, 0.5) is 4.79 Å². The predicted molar refractivity (Wildman–Crippen MR) is 102 cm³/mol. The number of carbonyl (C=O) groups is 3. The molecule has 2 rings (SSSR count). The first-order chi connectivity index (χ1) is 12.7. The smallest absolute Gasteiger partial charge is 0.407 e. The second kappa shape index (κ2) is 9.50. The summed E-state index contributed by atoms with van der Waals surface area (Å²) >= 11 is 0. The molecule has 1 atom stereocenters. The summed E-state index contributed by atoms with van der Waals surface area (Å²) in [4.78, 5) is 34.6. The van der Waals surface area contributed by atoms with Gasteiger partial charge in [-0.05, 0) is 51.3 Å². The molecule has 148 valence electrons. The Hall–Kier alpha value is -2.41. The van der Waals surface area contributed by atoms with Crippen molar-refractivity contribution in [2.24, 2.45) is 0 Å². The van der Waals surface area contributed by atoms with Crippen molar-refractivity contribution in [2.45, 2.75) is 58.1 Å². The minimum atomic E-state index is -0.484. The van der Waals surface area contributed by atoms with Crippen LogP contribution in [0.3, 0.4) is 0 Å². The van der Waals surface area contributed by atoms with Crippen LogP contribution >= 0.6 is 0 Å². The molecule has 0 radical (unpaired) electrons. The molecule has 0 bridgehead atoms. The lowest BCUT2D eigenvalue weighted by molar-refractivity contribution is -0.134. The van der Waals surface area contributed by atoms with E-state index in [1.807, 2.05) is 45.0 Å². The van der Waals surface area contributed by atoms with Crippen LogP contribution in [-0.2, 0) is 20.9 Å². The SMILES string of the molecule is CC(C)(C)OC(=O)NCCCNCc1ccc(C2CCC(=O)NC2=O)cc1. The fourth-order valence-electron chi connectivity index (χ4n) is 2.83. The van der Waals surface area contributed by atoms with E-state index >= 15 is 0 Å². The highest BCUT2D eigenvalue weighted by molar-refractivity contribution is 6.00. The van der Waals surface area contributed by atoms with Crippen molar-refractivity contribution in [2.75, 3.05) is 13.1 Å². The average molecular weight is 375 g/mol. The van der Waals surface area contributed by atoms with Gasteiger partial charge in [-0.2, -0.15) is 0 Å². The molecule has 7 heteroatoms. The predicted octanol–water partition coefficient (Wildman–Crippen LogP) is 2.21. The first-order valence-electron chi connectivity index (χ1n) is 9.35. The summed E-state index contributed by atoms with van der Waals surface area (Å²) in [6.07, 6.45) is 1.35. The first kappa shape index (κ1) is 20.9. The van der Waals surface area contributed by atoms with E-state index in [9.17, 15) is 14.4 Å². The van der Waals surface area contributed by atoms with Crippen molar-refractivity contribution in [3.63, 3.8) is 0 Å². The van der Waals surface area contributed by atoms with Gasteiger partial charge in [0, 0.05) is 19.5 Å². The third-order valence-corrected chi connectivity index (χ3v) is 4.15. The molecule has 1 aliphatic rings. The number of hydrogen-bond donors (Lipinski definition) is 3. The monoisotopic (exact) mass is 375 g/mol. The van der Waals surface area contributed by atoms with Gasteiger partial charge >= 0.3 is 6.09 Å². The van der Waals surface area contributed by atoms with Gasteiger partial charge in [-0.1, -0.05) is 24.3 Å². The molecular formula is C20H29N3O4. The Morgan fingerprint density at radius 2 is 1.89 bits per heavy atom. The number of piperidine rings is 1. The van der Waals surface area contributed by atoms with Crippen LogP contribution < -0.4 is 16.0 Å². The van der Waals surface area contributed by atoms with E-state index in [0.717, 1.165) is 24.1 Å². The minimum Gasteiger partial charge on any atom is -0.444 e. The lowest BCUT2D eigenvalue weighted by Crippen LogP contribution is -2.39. The highest BCUT2D eigenvalue weighted by Gasteiger charge is 2.27. The molecule has 3 N–H and O–H groups in total. The molecule has 7 nitrogen and oxygen atoms in total. The van der Waals surface area contributed by atoms with E-state index in [1.54, 1.807) is 0 Å². The van der Waals surface area contributed by atoms with Gasteiger partial charge in [0.2, 0.25) is 11.8 Å². The fraction of sp³-hybridized carbons (Fsp3) is 0.550. The average Bonchev–Trinajstić information content (AvgIpc) is 2.57. The fourth-order valence-corrected chi connectivity index (χ4v) is 2.83. The molecular weight excluding hydrogens is 346 g/mol. The van der Waals surface area contributed by atoms with E-state index in [4.69, 9.17) is 4.74 Å². The highest BCUT2D eigenvalue weighted by atomic mass is 16.6. The van der Waals surface area contributed by atoms with Gasteiger partial charge in [-0.3, -0.25) is 14.9 Å². The van der Waals surface area contributed by atoms with Crippen LogP contribution in [0.1, 0.15) is 57.1 Å². The summed E-state index contributed by atoms with van der Waals surface area (Å²) in [5.74, 6) is -0.656. The molecule has 1 unspecified atom stereocenters. The second-order valence-electron chi connectivity index (χ2n) is 7.70. The second-order valence-corrected chi connectivity index (χ2v) is 7.70. The zero-order valence-corrected chi connectivity index (χ0v) is 16.3. The summed E-state index contributed by atoms with van der Waals surface area (Å²) in [5, 5.41) is 8.43. The van der Waals surface area contributed by atoms with Gasteiger partial charge in [0.1, 0.15) is 5.60 Å².